The highest BCUT2D eigenvalue weighted by Gasteiger charge is 2.33. The monoisotopic (exact) mass is 433 g/mol. The quantitative estimate of drug-likeness (QED) is 0.633. The van der Waals surface area contributed by atoms with Crippen LogP contribution in [0.5, 0.6) is 0 Å². The van der Waals surface area contributed by atoms with E-state index >= 15 is 0 Å². The van der Waals surface area contributed by atoms with Gasteiger partial charge in [0.15, 0.2) is 11.5 Å². The predicted octanol–water partition coefficient (Wildman–Crippen LogP) is 2.69. The fourth-order valence-electron chi connectivity index (χ4n) is 5.02. The molecule has 1 aromatic carbocycles. The molecule has 8 nitrogen and oxygen atoms in total. The number of nitrogens with zero attached hydrogens (tertiary/aromatic N) is 7. The molecule has 0 N–H and O–H groups in total. The molecule has 2 aromatic heterocycles. The Balaban J connectivity index is 1.19. The van der Waals surface area contributed by atoms with Gasteiger partial charge in [0.05, 0.1) is 0 Å². The molecule has 0 saturated carbocycles. The minimum Gasteiger partial charge on any atom is -0.365 e. The first-order chi connectivity index (χ1) is 15.5. The van der Waals surface area contributed by atoms with Gasteiger partial charge in [0.25, 0.3) is 0 Å². The second-order valence-corrected chi connectivity index (χ2v) is 9.14. The summed E-state index contributed by atoms with van der Waals surface area (Å²) >= 11 is 0. The van der Waals surface area contributed by atoms with Crippen LogP contribution in [0.4, 0.5) is 11.5 Å². The molecule has 2 aliphatic heterocycles. The third-order valence-electron chi connectivity index (χ3n) is 6.85. The number of piperidine rings is 1. The van der Waals surface area contributed by atoms with E-state index in [1.807, 2.05) is 19.1 Å². The van der Waals surface area contributed by atoms with Gasteiger partial charge in [0, 0.05) is 50.4 Å². The number of amides is 1. The number of fused-ring (bicyclic) bond motifs is 1. The zero-order valence-electron chi connectivity index (χ0n) is 19.1. The minimum absolute atomic E-state index is 0.101. The Morgan fingerprint density at radius 1 is 1.00 bits per heavy atom. The Bertz CT molecular complexity index is 1120. The van der Waals surface area contributed by atoms with Crippen LogP contribution in [0.2, 0.25) is 0 Å². The van der Waals surface area contributed by atoms with Crippen LogP contribution in [0.1, 0.15) is 31.2 Å². The van der Waals surface area contributed by atoms with Crippen molar-refractivity contribution in [2.45, 2.75) is 39.7 Å². The van der Waals surface area contributed by atoms with Crippen molar-refractivity contribution < 1.29 is 4.79 Å². The summed E-state index contributed by atoms with van der Waals surface area (Å²) in [6.45, 7) is 10.4. The fourth-order valence-corrected chi connectivity index (χ4v) is 5.02. The number of piperazine rings is 1. The second kappa shape index (κ2) is 8.41. The molecular weight excluding hydrogens is 402 g/mol. The summed E-state index contributed by atoms with van der Waals surface area (Å²) < 4.78 is 1.78. The lowest BCUT2D eigenvalue weighted by molar-refractivity contribution is -0.137. The summed E-state index contributed by atoms with van der Waals surface area (Å²) in [7, 11) is 0. The van der Waals surface area contributed by atoms with Crippen molar-refractivity contribution in [3.63, 3.8) is 0 Å². The van der Waals surface area contributed by atoms with Crippen LogP contribution in [0.25, 0.3) is 5.65 Å². The number of carbonyl (C=O) groups excluding carboxylic acids is 1. The van der Waals surface area contributed by atoms with Gasteiger partial charge < -0.3 is 14.7 Å². The van der Waals surface area contributed by atoms with E-state index in [0.717, 1.165) is 62.9 Å². The molecule has 8 heteroatoms. The number of aryl methyl sites for hydroxylation is 2. The molecule has 1 unspecified atom stereocenters. The fraction of sp³-hybridized carbons (Fsp3) is 0.500. The molecule has 0 bridgehead atoms. The van der Waals surface area contributed by atoms with Crippen LogP contribution in [-0.4, -0.2) is 69.4 Å². The van der Waals surface area contributed by atoms with E-state index in [4.69, 9.17) is 0 Å². The Kier molecular flexibility index (Phi) is 5.45. The average molecular weight is 434 g/mol. The van der Waals surface area contributed by atoms with E-state index < -0.39 is 0 Å². The van der Waals surface area contributed by atoms with Gasteiger partial charge in [0.2, 0.25) is 5.91 Å². The maximum absolute atomic E-state index is 13.3. The summed E-state index contributed by atoms with van der Waals surface area (Å²) in [5.74, 6) is 2.13. The smallest absolute Gasteiger partial charge is 0.225 e. The molecule has 2 saturated heterocycles. The van der Waals surface area contributed by atoms with Crippen LogP contribution in [-0.2, 0) is 4.79 Å². The third kappa shape index (κ3) is 3.89. The van der Waals surface area contributed by atoms with Gasteiger partial charge in [0.1, 0.15) is 5.82 Å². The molecule has 32 heavy (non-hydrogen) atoms. The molecule has 168 valence electrons. The Morgan fingerprint density at radius 2 is 1.81 bits per heavy atom. The second-order valence-electron chi connectivity index (χ2n) is 9.14. The van der Waals surface area contributed by atoms with Crippen molar-refractivity contribution in [1.82, 2.24) is 24.7 Å². The van der Waals surface area contributed by atoms with Gasteiger partial charge >= 0.3 is 0 Å². The molecule has 1 atom stereocenters. The summed E-state index contributed by atoms with van der Waals surface area (Å²) in [4.78, 5) is 20.1. The van der Waals surface area contributed by atoms with Crippen LogP contribution in [0.15, 0.2) is 36.4 Å². The third-order valence-corrected chi connectivity index (χ3v) is 6.85. The highest BCUT2D eigenvalue weighted by molar-refractivity contribution is 5.79. The number of aromatic nitrogens is 4. The number of rotatable bonds is 3. The molecule has 1 amide bonds. The van der Waals surface area contributed by atoms with Gasteiger partial charge in [-0.1, -0.05) is 12.1 Å². The summed E-state index contributed by atoms with van der Waals surface area (Å²) in [5, 5.41) is 12.9. The SMILES string of the molecule is Cc1cccc(N2CCN(C(=O)C3CCN(c4ccc5nnc(C)n5n4)CC3)CC2C)c1. The maximum Gasteiger partial charge on any atom is 0.225 e. The maximum atomic E-state index is 13.3. The van der Waals surface area contributed by atoms with E-state index in [1.165, 1.54) is 11.3 Å². The molecule has 2 fully saturated rings. The Hall–Kier alpha value is -3.16. The molecule has 0 radical (unpaired) electrons. The molecule has 4 heterocycles. The zero-order valence-corrected chi connectivity index (χ0v) is 19.1. The van der Waals surface area contributed by atoms with Crippen LogP contribution < -0.4 is 9.80 Å². The summed E-state index contributed by atoms with van der Waals surface area (Å²) in [6, 6.07) is 12.9. The first kappa shape index (κ1) is 20.7. The predicted molar refractivity (Wildman–Crippen MR) is 125 cm³/mol. The van der Waals surface area contributed by atoms with Crippen LogP contribution in [0.3, 0.4) is 0 Å². The van der Waals surface area contributed by atoms with Gasteiger partial charge in [-0.25, -0.2) is 0 Å². The topological polar surface area (TPSA) is 69.9 Å². The lowest BCUT2D eigenvalue weighted by atomic mass is 9.94. The van der Waals surface area contributed by atoms with E-state index in [1.54, 1.807) is 4.52 Å². The Morgan fingerprint density at radius 3 is 2.56 bits per heavy atom. The number of hydrogen-bond acceptors (Lipinski definition) is 6. The van der Waals surface area contributed by atoms with Crippen LogP contribution in [0, 0.1) is 19.8 Å². The Labute approximate surface area is 188 Å². The molecule has 5 rings (SSSR count). The van der Waals surface area contributed by atoms with Gasteiger partial charge in [-0.05, 0) is 63.4 Å². The van der Waals surface area contributed by atoms with Gasteiger partial charge in [-0.2, -0.15) is 4.52 Å². The van der Waals surface area contributed by atoms with E-state index in [9.17, 15) is 4.79 Å². The average Bonchev–Trinajstić information content (AvgIpc) is 3.18. The summed E-state index contributed by atoms with van der Waals surface area (Å²) in [5.41, 5.74) is 3.29. The van der Waals surface area contributed by atoms with Crippen molar-refractivity contribution in [3.05, 3.63) is 47.8 Å². The van der Waals surface area contributed by atoms with E-state index in [0.29, 0.717) is 11.9 Å². The van der Waals surface area contributed by atoms with E-state index in [2.05, 4.69) is 68.1 Å². The molecule has 0 spiro atoms. The number of benzene rings is 1. The van der Waals surface area contributed by atoms with Crippen molar-refractivity contribution in [1.29, 1.82) is 0 Å². The highest BCUT2D eigenvalue weighted by Crippen LogP contribution is 2.26. The molecule has 2 aliphatic rings. The number of carbonyl (C=O) groups is 1. The first-order valence-corrected chi connectivity index (χ1v) is 11.6. The molecule has 0 aliphatic carbocycles. The molecule has 3 aromatic rings. The first-order valence-electron chi connectivity index (χ1n) is 11.6. The number of anilines is 2. The van der Waals surface area contributed by atoms with Crippen molar-refractivity contribution >= 4 is 23.1 Å². The highest BCUT2D eigenvalue weighted by atomic mass is 16.2. The minimum atomic E-state index is 0.101. The van der Waals surface area contributed by atoms with Gasteiger partial charge in [-0.3, -0.25) is 4.79 Å². The van der Waals surface area contributed by atoms with Crippen molar-refractivity contribution in [2.75, 3.05) is 42.5 Å². The lowest BCUT2D eigenvalue weighted by Gasteiger charge is -2.43. The normalized spacial score (nSPS) is 20.2. The van der Waals surface area contributed by atoms with Crippen LogP contribution >= 0.6 is 0 Å². The van der Waals surface area contributed by atoms with Crippen molar-refractivity contribution in [3.8, 4) is 0 Å². The summed E-state index contributed by atoms with van der Waals surface area (Å²) in [6.07, 6.45) is 1.73. The standard InChI is InChI=1S/C24H31N7O/c1-17-5-4-6-21(15-17)30-14-13-29(16-18(30)2)24(32)20-9-11-28(12-10-20)23-8-7-22-26-25-19(3)31(22)27-23/h4-8,15,18,20H,9-14,16H2,1-3H3. The van der Waals surface area contributed by atoms with E-state index in [-0.39, 0.29) is 5.92 Å². The van der Waals surface area contributed by atoms with Gasteiger partial charge in [-0.15, -0.1) is 15.3 Å². The zero-order chi connectivity index (χ0) is 22.2. The van der Waals surface area contributed by atoms with Crippen molar-refractivity contribution in [2.24, 2.45) is 5.92 Å². The number of hydrogen-bond donors (Lipinski definition) is 0. The lowest BCUT2D eigenvalue weighted by Crippen LogP contribution is -2.55. The largest absolute Gasteiger partial charge is 0.365 e. The molecular formula is C24H31N7O.